The lowest BCUT2D eigenvalue weighted by atomic mass is 9.95. The van der Waals surface area contributed by atoms with Gasteiger partial charge in [0.25, 0.3) is 0 Å². The molecule has 2 rings (SSSR count). The van der Waals surface area contributed by atoms with Gasteiger partial charge in [0.1, 0.15) is 5.76 Å². The highest BCUT2D eigenvalue weighted by Crippen LogP contribution is 2.25. The van der Waals surface area contributed by atoms with Gasteiger partial charge in [0, 0.05) is 32.2 Å². The van der Waals surface area contributed by atoms with Crippen molar-refractivity contribution in [1.29, 1.82) is 0 Å². The summed E-state index contributed by atoms with van der Waals surface area (Å²) in [6.45, 7) is 7.34. The molecule has 6 nitrogen and oxygen atoms in total. The number of aromatic nitrogens is 1. The van der Waals surface area contributed by atoms with Crippen LogP contribution in [-0.4, -0.2) is 43.4 Å². The van der Waals surface area contributed by atoms with Crippen molar-refractivity contribution in [3.63, 3.8) is 0 Å². The third-order valence-electron chi connectivity index (χ3n) is 3.88. The van der Waals surface area contributed by atoms with E-state index >= 15 is 0 Å². The first-order valence-corrected chi connectivity index (χ1v) is 6.98. The van der Waals surface area contributed by atoms with Gasteiger partial charge in [0.15, 0.2) is 0 Å². The first-order valence-electron chi connectivity index (χ1n) is 6.98. The van der Waals surface area contributed by atoms with Crippen LogP contribution in [0.2, 0.25) is 0 Å². The van der Waals surface area contributed by atoms with Gasteiger partial charge in [-0.25, -0.2) is 0 Å². The predicted octanol–water partition coefficient (Wildman–Crippen LogP) is 0.888. The minimum atomic E-state index is 0.0354. The predicted molar refractivity (Wildman–Crippen MR) is 74.6 cm³/mol. The highest BCUT2D eigenvalue weighted by atomic mass is 16.5. The average Bonchev–Trinajstić information content (AvgIpc) is 2.96. The molecule has 0 aliphatic carbocycles. The molecule has 1 aromatic heterocycles. The smallest absolute Gasteiger partial charge is 0.220 e. The first kappa shape index (κ1) is 15.0. The standard InChI is InChI=1S/C14H23N3O3/c1-8(14-9(2)17-20-10(14)3)5-13(18)16-11-6-15-7-12(11)19-4/h8,11-12,15H,5-7H2,1-4H3,(H,16,18)/t8?,11?,12-/m0/s1. The minimum Gasteiger partial charge on any atom is -0.378 e. The van der Waals surface area contributed by atoms with E-state index in [0.29, 0.717) is 6.42 Å². The van der Waals surface area contributed by atoms with Gasteiger partial charge in [-0.05, 0) is 19.8 Å². The van der Waals surface area contributed by atoms with Crippen LogP contribution in [-0.2, 0) is 9.53 Å². The largest absolute Gasteiger partial charge is 0.378 e. The van der Waals surface area contributed by atoms with Gasteiger partial charge < -0.3 is 19.9 Å². The van der Waals surface area contributed by atoms with Gasteiger partial charge in [-0.1, -0.05) is 12.1 Å². The van der Waals surface area contributed by atoms with E-state index in [2.05, 4.69) is 15.8 Å². The molecule has 0 spiro atoms. The van der Waals surface area contributed by atoms with Gasteiger partial charge in [0.05, 0.1) is 17.8 Å². The molecule has 1 aromatic rings. The lowest BCUT2D eigenvalue weighted by molar-refractivity contribution is -0.122. The van der Waals surface area contributed by atoms with Crippen LogP contribution >= 0.6 is 0 Å². The molecule has 1 aliphatic heterocycles. The molecular weight excluding hydrogens is 258 g/mol. The summed E-state index contributed by atoms with van der Waals surface area (Å²) in [5, 5.41) is 10.2. The summed E-state index contributed by atoms with van der Waals surface area (Å²) in [6.07, 6.45) is 0.476. The minimum absolute atomic E-state index is 0.0354. The van der Waals surface area contributed by atoms with Crippen LogP contribution in [0.4, 0.5) is 0 Å². The molecule has 2 N–H and O–H groups in total. The van der Waals surface area contributed by atoms with Crippen molar-refractivity contribution in [3.8, 4) is 0 Å². The van der Waals surface area contributed by atoms with E-state index in [-0.39, 0.29) is 24.0 Å². The molecule has 0 radical (unpaired) electrons. The second-order valence-electron chi connectivity index (χ2n) is 5.45. The Hall–Kier alpha value is -1.40. The summed E-state index contributed by atoms with van der Waals surface area (Å²) in [5.41, 5.74) is 1.90. The van der Waals surface area contributed by atoms with E-state index in [1.165, 1.54) is 0 Å². The summed E-state index contributed by atoms with van der Waals surface area (Å²) in [6, 6.07) is 0.0457. The molecular formula is C14H23N3O3. The zero-order chi connectivity index (χ0) is 14.7. The summed E-state index contributed by atoms with van der Waals surface area (Å²) < 4.78 is 10.5. The Morgan fingerprint density at radius 3 is 2.90 bits per heavy atom. The number of nitrogens with one attached hydrogen (secondary N) is 2. The van der Waals surface area contributed by atoms with Gasteiger partial charge in [-0.15, -0.1) is 0 Å². The topological polar surface area (TPSA) is 76.4 Å². The van der Waals surface area contributed by atoms with E-state index in [0.717, 1.165) is 30.1 Å². The van der Waals surface area contributed by atoms with Gasteiger partial charge >= 0.3 is 0 Å². The lowest BCUT2D eigenvalue weighted by Crippen LogP contribution is -2.43. The summed E-state index contributed by atoms with van der Waals surface area (Å²) >= 11 is 0. The number of nitrogens with zero attached hydrogens (tertiary/aromatic N) is 1. The second-order valence-corrected chi connectivity index (χ2v) is 5.45. The highest BCUT2D eigenvalue weighted by molar-refractivity contribution is 5.77. The Balaban J connectivity index is 1.91. The van der Waals surface area contributed by atoms with Crippen LogP contribution in [0.3, 0.4) is 0 Å². The normalized spacial score (nSPS) is 23.8. The molecule has 6 heteroatoms. The number of carbonyl (C=O) groups is 1. The maximum atomic E-state index is 12.1. The number of rotatable bonds is 5. The molecule has 0 aromatic carbocycles. The molecule has 2 unspecified atom stereocenters. The number of hydrogen-bond donors (Lipinski definition) is 2. The Kier molecular flexibility index (Phi) is 4.77. The Morgan fingerprint density at radius 2 is 2.30 bits per heavy atom. The Bertz CT molecular complexity index is 453. The van der Waals surface area contributed by atoms with Crippen molar-refractivity contribution in [2.75, 3.05) is 20.2 Å². The zero-order valence-electron chi connectivity index (χ0n) is 12.5. The molecule has 0 saturated carbocycles. The number of hydrogen-bond acceptors (Lipinski definition) is 5. The zero-order valence-corrected chi connectivity index (χ0v) is 12.5. The lowest BCUT2D eigenvalue weighted by Gasteiger charge is -2.19. The quantitative estimate of drug-likeness (QED) is 0.838. The summed E-state index contributed by atoms with van der Waals surface area (Å²) in [4.78, 5) is 12.1. The van der Waals surface area contributed by atoms with E-state index in [1.807, 2.05) is 20.8 Å². The molecule has 112 valence electrons. The van der Waals surface area contributed by atoms with Crippen molar-refractivity contribution >= 4 is 5.91 Å². The third-order valence-corrected chi connectivity index (χ3v) is 3.88. The maximum absolute atomic E-state index is 12.1. The number of amides is 1. The third kappa shape index (κ3) is 3.19. The Morgan fingerprint density at radius 1 is 1.55 bits per heavy atom. The molecule has 3 atom stereocenters. The van der Waals surface area contributed by atoms with Gasteiger partial charge in [-0.3, -0.25) is 4.79 Å². The summed E-state index contributed by atoms with van der Waals surface area (Å²) in [7, 11) is 1.67. The van der Waals surface area contributed by atoms with E-state index in [1.54, 1.807) is 7.11 Å². The molecule has 1 aliphatic rings. The van der Waals surface area contributed by atoms with Crippen LogP contribution < -0.4 is 10.6 Å². The number of aryl methyl sites for hydroxylation is 2. The summed E-state index contributed by atoms with van der Waals surface area (Å²) in [5.74, 6) is 0.921. The fourth-order valence-electron chi connectivity index (χ4n) is 2.89. The van der Waals surface area contributed by atoms with E-state index in [4.69, 9.17) is 9.26 Å². The van der Waals surface area contributed by atoms with Crippen LogP contribution in [0.5, 0.6) is 0 Å². The molecule has 0 bridgehead atoms. The molecule has 2 heterocycles. The molecule has 1 saturated heterocycles. The SMILES string of the molecule is CO[C@H]1CNCC1NC(=O)CC(C)c1c(C)noc1C. The van der Waals surface area contributed by atoms with Crippen LogP contribution in [0, 0.1) is 13.8 Å². The fraction of sp³-hybridized carbons (Fsp3) is 0.714. The number of carbonyl (C=O) groups excluding carboxylic acids is 1. The van der Waals surface area contributed by atoms with Gasteiger partial charge in [-0.2, -0.15) is 0 Å². The van der Waals surface area contributed by atoms with Gasteiger partial charge in [0.2, 0.25) is 5.91 Å². The van der Waals surface area contributed by atoms with E-state index < -0.39 is 0 Å². The maximum Gasteiger partial charge on any atom is 0.220 e. The average molecular weight is 281 g/mol. The van der Waals surface area contributed by atoms with Crippen molar-refractivity contribution in [2.24, 2.45) is 0 Å². The van der Waals surface area contributed by atoms with Crippen LogP contribution in [0.25, 0.3) is 0 Å². The number of methoxy groups -OCH3 is 1. The highest BCUT2D eigenvalue weighted by Gasteiger charge is 2.29. The number of ether oxygens (including phenoxy) is 1. The monoisotopic (exact) mass is 281 g/mol. The van der Waals surface area contributed by atoms with Crippen LogP contribution in [0.15, 0.2) is 4.52 Å². The van der Waals surface area contributed by atoms with E-state index in [9.17, 15) is 4.79 Å². The molecule has 1 amide bonds. The molecule has 1 fully saturated rings. The Labute approximate surface area is 119 Å². The van der Waals surface area contributed by atoms with Crippen molar-refractivity contribution in [3.05, 3.63) is 17.0 Å². The van der Waals surface area contributed by atoms with Crippen LogP contribution in [0.1, 0.15) is 36.3 Å². The van der Waals surface area contributed by atoms with Crippen molar-refractivity contribution in [1.82, 2.24) is 15.8 Å². The molecule has 20 heavy (non-hydrogen) atoms. The fourth-order valence-corrected chi connectivity index (χ4v) is 2.89. The van der Waals surface area contributed by atoms with Crippen molar-refractivity contribution in [2.45, 2.75) is 45.3 Å². The first-order chi connectivity index (χ1) is 9.52. The second kappa shape index (κ2) is 6.37. The van der Waals surface area contributed by atoms with Crippen molar-refractivity contribution < 1.29 is 14.1 Å².